The molecule has 8 nitrogen and oxygen atoms in total. The monoisotopic (exact) mass is 2610 g/mol. The summed E-state index contributed by atoms with van der Waals surface area (Å²) in [6, 6.07) is 157. The average Bonchev–Trinajstić information content (AvgIpc) is 0.934. The van der Waals surface area contributed by atoms with Crippen LogP contribution in [0, 0.1) is 113 Å². The number of hydrogen-bond donors (Lipinski definition) is 0. The molecule has 0 aromatic heterocycles. The van der Waals surface area contributed by atoms with Crippen LogP contribution in [0.25, 0.3) is 0 Å². The second kappa shape index (κ2) is 69.0. The molecule has 0 amide bonds. The summed E-state index contributed by atoms with van der Waals surface area (Å²) < 4.78 is 63.3. The van der Waals surface area contributed by atoms with Crippen molar-refractivity contribution in [3.63, 3.8) is 0 Å². The van der Waals surface area contributed by atoms with Gasteiger partial charge in [0.1, 0.15) is 29.6 Å². The van der Waals surface area contributed by atoms with Gasteiger partial charge in [0.2, 0.25) is 0 Å². The van der Waals surface area contributed by atoms with Crippen LogP contribution < -0.4 is 210 Å². The van der Waals surface area contributed by atoms with Crippen LogP contribution in [0.3, 0.4) is 0 Å². The first-order chi connectivity index (χ1) is 61.7. The third-order valence-electron chi connectivity index (χ3n) is 15.7. The van der Waals surface area contributed by atoms with Gasteiger partial charge in [-0.3, -0.25) is 0 Å². The van der Waals surface area contributed by atoms with Gasteiger partial charge in [-0.2, -0.15) is 0 Å². The fourth-order valence-corrected chi connectivity index (χ4v) is 27.3. The number of rotatable bonds is 16. The molecule has 0 fully saturated rings. The molecular weight excluding hydrogens is 2510 g/mol. The maximum atomic E-state index is 9.89. The highest BCUT2D eigenvalue weighted by Crippen LogP contribution is 2.02. The van der Waals surface area contributed by atoms with E-state index >= 15 is 0 Å². The molecule has 0 saturated carbocycles. The summed E-state index contributed by atoms with van der Waals surface area (Å²) in [6.45, 7) is 17.0. The summed E-state index contributed by atoms with van der Waals surface area (Å²) in [6.07, 6.45) is 0. The molecule has 0 bridgehead atoms. The van der Waals surface area contributed by atoms with Crippen LogP contribution in [0.4, 0.5) is 17.3 Å². The highest BCUT2D eigenvalue weighted by atomic mass is 127. The van der Waals surface area contributed by atoms with Gasteiger partial charge in [0.05, 0.1) is 0 Å². The van der Waals surface area contributed by atoms with Gasteiger partial charge in [-0.15, -0.1) is 0 Å². The zero-order valence-corrected chi connectivity index (χ0v) is 88.9. The van der Waals surface area contributed by atoms with Crippen LogP contribution in [-0.4, -0.2) is 29.6 Å². The van der Waals surface area contributed by atoms with Crippen molar-refractivity contribution in [2.24, 2.45) is 0 Å². The molecule has 656 valence electrons. The Morgan fingerprint density at radius 1 is 0.125 bits per heavy atom. The summed E-state index contributed by atoms with van der Waals surface area (Å²) in [5, 5.41) is 66.4. The summed E-state index contributed by atoms with van der Waals surface area (Å²) >= 11 is 0.127. The predicted molar refractivity (Wildman–Crippen MR) is 468 cm³/mol. The van der Waals surface area contributed by atoms with Crippen molar-refractivity contribution in [2.45, 2.75) is 55.4 Å². The smallest absolute Gasteiger partial charge is 0.357 e. The Labute approximate surface area is 839 Å². The Hall–Kier alpha value is -6.98. The minimum atomic E-state index is -3.17. The highest BCUT2D eigenvalue weighted by Gasteiger charge is 2.20. The standard InChI is InChI=1S/8C13H12I.4BFO2/c8*1-11-7-9-13(10-8-11)14-12-5-3-2-4-6-12;4*2-1(3)4/h8*2-10H,1H3;;;;/q8*+1;4*-2. The van der Waals surface area contributed by atoms with Crippen molar-refractivity contribution in [3.8, 4) is 0 Å². The zero-order chi connectivity index (χ0) is 92.7. The lowest BCUT2D eigenvalue weighted by Crippen LogP contribution is -3.61. The molecule has 0 aliphatic carbocycles. The third kappa shape index (κ3) is 58.0. The Bertz CT molecular complexity index is 4400. The third-order valence-corrected chi connectivity index (χ3v) is 37.2. The van der Waals surface area contributed by atoms with Gasteiger partial charge in [0, 0.05) is 0 Å². The molecule has 0 aliphatic rings. The molecule has 0 unspecified atom stereocenters. The molecular formula is C104H96B4F4I8O8. The molecule has 0 heterocycles. The Balaban J connectivity index is 0.000000253. The fourth-order valence-electron chi connectivity index (χ4n) is 9.60. The van der Waals surface area contributed by atoms with E-state index in [4.69, 9.17) is 40.2 Å². The highest BCUT2D eigenvalue weighted by molar-refractivity contribution is 6.27. The summed E-state index contributed by atoms with van der Waals surface area (Å²) in [7, 11) is -12.7. The maximum absolute atomic E-state index is 9.89. The van der Waals surface area contributed by atoms with Crippen molar-refractivity contribution in [1.29, 1.82) is 0 Å². The first-order valence-electron chi connectivity index (χ1n) is 39.6. The van der Waals surface area contributed by atoms with Gasteiger partial charge in [-0.05, 0) is 250 Å². The van der Waals surface area contributed by atoms with Gasteiger partial charge >= 0.3 is 170 Å². The summed E-state index contributed by atoms with van der Waals surface area (Å²) in [4.78, 5) is 0. The zero-order valence-electron chi connectivity index (χ0n) is 71.7. The topological polar surface area (TPSA) is 184 Å². The van der Waals surface area contributed by atoms with Gasteiger partial charge in [-0.1, -0.05) is 287 Å². The number of aryl methyl sites for hydroxylation is 8. The normalized spacial score (nSPS) is 9.66. The molecule has 0 atom stereocenters. The van der Waals surface area contributed by atoms with E-state index in [1.165, 1.54) is 102 Å². The van der Waals surface area contributed by atoms with E-state index in [0.29, 0.717) is 0 Å². The van der Waals surface area contributed by atoms with Crippen molar-refractivity contribution in [2.75, 3.05) is 0 Å². The van der Waals surface area contributed by atoms with Crippen LogP contribution >= 0.6 is 0 Å². The van der Waals surface area contributed by atoms with Crippen molar-refractivity contribution >= 4 is 29.6 Å². The van der Waals surface area contributed by atoms with Crippen LogP contribution in [0.2, 0.25) is 0 Å². The number of benzene rings is 16. The lowest BCUT2D eigenvalue weighted by molar-refractivity contribution is -0.597. The van der Waals surface area contributed by atoms with Crippen molar-refractivity contribution in [3.05, 3.63) is 538 Å². The summed E-state index contributed by atoms with van der Waals surface area (Å²) in [5.74, 6) is 0. The Morgan fingerprint density at radius 3 is 0.258 bits per heavy atom. The molecule has 0 saturated heterocycles. The molecule has 16 rings (SSSR count). The number of hydrogen-bond acceptors (Lipinski definition) is 8. The van der Waals surface area contributed by atoms with Crippen LogP contribution in [0.5, 0.6) is 0 Å². The van der Waals surface area contributed by atoms with E-state index < -0.39 is 29.6 Å². The first kappa shape index (κ1) is 112. The fraction of sp³-hybridized carbons (Fsp3) is 0.0769. The van der Waals surface area contributed by atoms with E-state index in [2.05, 4.69) is 492 Å². The Morgan fingerprint density at radius 2 is 0.188 bits per heavy atom. The van der Waals surface area contributed by atoms with Crippen LogP contribution in [-0.2, 0) is 0 Å². The quantitative estimate of drug-likeness (QED) is 0.0520. The minimum absolute atomic E-state index is 0.0159. The van der Waals surface area contributed by atoms with Gasteiger partial charge in [0.15, 0.2) is 57.1 Å². The SMILES string of the molecule is Cc1ccc([I+]c2ccccc2)cc1.Cc1ccc([I+]c2ccccc2)cc1.Cc1ccc([I+]c2ccccc2)cc1.Cc1ccc([I+]c2ccccc2)cc1.Cc1ccc([I+]c2ccccc2)cc1.Cc1ccc([I+]c2ccccc2)cc1.Cc1ccc([I+]c2ccccc2)cc1.Cc1ccc([I+]c2ccccc2)cc1.[O-]B([O-])F.[O-]B([O-])F.[O-]B([O-])F.[O-]B([O-])F. The Kier molecular flexibility index (Phi) is 60.1. The van der Waals surface area contributed by atoms with E-state index in [1.54, 1.807) is 0 Å². The number of halogens is 12. The second-order valence-electron chi connectivity index (χ2n) is 26.6. The van der Waals surface area contributed by atoms with Gasteiger partial charge < -0.3 is 57.5 Å². The van der Waals surface area contributed by atoms with E-state index in [1.807, 2.05) is 0 Å². The molecule has 128 heavy (non-hydrogen) atoms. The van der Waals surface area contributed by atoms with E-state index in [0.717, 1.165) is 0 Å². The minimum Gasteiger partial charge on any atom is -0.867 e. The summed E-state index contributed by atoms with van der Waals surface area (Å²) in [5.41, 5.74) is 10.7. The molecule has 16 aromatic carbocycles. The molecule has 0 spiro atoms. The molecule has 0 N–H and O–H groups in total. The molecule has 16 aromatic rings. The maximum Gasteiger partial charge on any atom is 0.357 e. The predicted octanol–water partition coefficient (Wildman–Crippen LogP) is -8.37. The van der Waals surface area contributed by atoms with Crippen LogP contribution in [0.1, 0.15) is 44.5 Å². The first-order valence-corrected chi connectivity index (χ1v) is 56.9. The molecule has 24 heteroatoms. The van der Waals surface area contributed by atoms with Gasteiger partial charge in [0.25, 0.3) is 0 Å². The molecule has 0 aliphatic heterocycles. The molecule has 0 radical (unpaired) electrons. The second-order valence-corrected chi connectivity index (χ2v) is 50.8. The van der Waals surface area contributed by atoms with E-state index in [9.17, 15) is 17.3 Å². The van der Waals surface area contributed by atoms with Crippen molar-refractivity contribution in [1.82, 2.24) is 0 Å². The average molecular weight is 2610 g/mol. The largest absolute Gasteiger partial charge is 0.867 e. The van der Waals surface area contributed by atoms with Crippen LogP contribution in [0.15, 0.2) is 437 Å². The van der Waals surface area contributed by atoms with E-state index in [-0.39, 0.29) is 170 Å². The lowest BCUT2D eigenvalue weighted by atomic mass is 10.2. The lowest BCUT2D eigenvalue weighted by Gasteiger charge is -2.09. The van der Waals surface area contributed by atoms with Crippen molar-refractivity contribution < 1.29 is 227 Å². The van der Waals surface area contributed by atoms with Gasteiger partial charge in [-0.25, -0.2) is 0 Å².